The minimum absolute atomic E-state index is 0.294. The van der Waals surface area contributed by atoms with E-state index in [0.29, 0.717) is 24.7 Å². The maximum atomic E-state index is 11.5. The lowest BCUT2D eigenvalue weighted by Crippen LogP contribution is -2.13. The maximum absolute atomic E-state index is 11.5. The first kappa shape index (κ1) is 13.7. The third-order valence-corrected chi connectivity index (χ3v) is 2.57. The van der Waals surface area contributed by atoms with Crippen molar-refractivity contribution in [2.45, 2.75) is 20.3 Å². The highest BCUT2D eigenvalue weighted by atomic mass is 16.6. The first-order valence-corrected chi connectivity index (χ1v) is 6.04. The molecule has 1 aromatic carbocycles. The molecule has 0 bridgehead atoms. The van der Waals surface area contributed by atoms with Crippen LogP contribution >= 0.6 is 0 Å². The van der Waals surface area contributed by atoms with Crippen LogP contribution in [0.4, 0.5) is 0 Å². The van der Waals surface area contributed by atoms with Gasteiger partial charge in [0.15, 0.2) is 0 Å². The molecule has 0 aliphatic rings. The molecule has 0 saturated carbocycles. The van der Waals surface area contributed by atoms with Crippen molar-refractivity contribution in [2.75, 3.05) is 19.8 Å². The van der Waals surface area contributed by atoms with E-state index >= 15 is 0 Å². The summed E-state index contributed by atoms with van der Waals surface area (Å²) in [5, 5.41) is 0. The molecule has 0 fully saturated rings. The molecule has 1 aromatic rings. The third kappa shape index (κ3) is 5.50. The smallest absolute Gasteiger partial charge is 0.338 e. The van der Waals surface area contributed by atoms with E-state index in [0.717, 1.165) is 13.0 Å². The molecular weight excluding hydrogens is 216 g/mol. The number of carbonyl (C=O) groups is 1. The number of hydrogen-bond acceptors (Lipinski definition) is 3. The van der Waals surface area contributed by atoms with Crippen LogP contribution in [0.5, 0.6) is 0 Å². The van der Waals surface area contributed by atoms with Crippen LogP contribution in [0.25, 0.3) is 0 Å². The van der Waals surface area contributed by atoms with E-state index in [1.165, 1.54) is 0 Å². The van der Waals surface area contributed by atoms with Gasteiger partial charge >= 0.3 is 5.97 Å². The summed E-state index contributed by atoms with van der Waals surface area (Å²) >= 11 is 0. The van der Waals surface area contributed by atoms with E-state index in [1.54, 1.807) is 12.1 Å². The standard InChI is InChI=1S/C14H20O3/c1-3-12(2)11-16-9-10-17-14(15)13-7-5-4-6-8-13/h4-8,12H,3,9-11H2,1-2H3. The van der Waals surface area contributed by atoms with Gasteiger partial charge in [-0.15, -0.1) is 0 Å². The highest BCUT2D eigenvalue weighted by Gasteiger charge is 2.05. The zero-order chi connectivity index (χ0) is 12.5. The molecule has 0 N–H and O–H groups in total. The van der Waals surface area contributed by atoms with Gasteiger partial charge in [0, 0.05) is 6.61 Å². The SMILES string of the molecule is CCC(C)COCCOC(=O)c1ccccc1. The van der Waals surface area contributed by atoms with Gasteiger partial charge in [-0.3, -0.25) is 0 Å². The van der Waals surface area contributed by atoms with Crippen LogP contribution in [0.1, 0.15) is 30.6 Å². The molecule has 0 aliphatic heterocycles. The highest BCUT2D eigenvalue weighted by molar-refractivity contribution is 5.89. The molecule has 1 atom stereocenters. The van der Waals surface area contributed by atoms with Crippen molar-refractivity contribution in [2.24, 2.45) is 5.92 Å². The van der Waals surface area contributed by atoms with E-state index in [1.807, 2.05) is 18.2 Å². The lowest BCUT2D eigenvalue weighted by molar-refractivity contribution is 0.0265. The summed E-state index contributed by atoms with van der Waals surface area (Å²) in [5.41, 5.74) is 0.578. The summed E-state index contributed by atoms with van der Waals surface area (Å²) in [7, 11) is 0. The molecule has 0 heterocycles. The van der Waals surface area contributed by atoms with Crippen molar-refractivity contribution < 1.29 is 14.3 Å². The van der Waals surface area contributed by atoms with E-state index in [9.17, 15) is 4.79 Å². The quantitative estimate of drug-likeness (QED) is 0.539. The minimum Gasteiger partial charge on any atom is -0.460 e. The number of hydrogen-bond donors (Lipinski definition) is 0. The molecule has 94 valence electrons. The summed E-state index contributed by atoms with van der Waals surface area (Å²) in [6, 6.07) is 8.97. The van der Waals surface area contributed by atoms with Crippen LogP contribution in [-0.2, 0) is 9.47 Å². The van der Waals surface area contributed by atoms with Crippen molar-refractivity contribution in [1.82, 2.24) is 0 Å². The van der Waals surface area contributed by atoms with E-state index in [2.05, 4.69) is 13.8 Å². The Hall–Kier alpha value is -1.35. The molecule has 0 amide bonds. The van der Waals surface area contributed by atoms with Gasteiger partial charge in [-0.1, -0.05) is 38.5 Å². The second-order valence-corrected chi connectivity index (χ2v) is 4.09. The topological polar surface area (TPSA) is 35.5 Å². The number of benzene rings is 1. The Morgan fingerprint density at radius 3 is 2.59 bits per heavy atom. The van der Waals surface area contributed by atoms with Gasteiger partial charge in [-0.05, 0) is 18.1 Å². The molecule has 3 heteroatoms. The first-order valence-electron chi connectivity index (χ1n) is 6.04. The van der Waals surface area contributed by atoms with Crippen molar-refractivity contribution in [1.29, 1.82) is 0 Å². The van der Waals surface area contributed by atoms with E-state index < -0.39 is 0 Å². The number of ether oxygens (including phenoxy) is 2. The van der Waals surface area contributed by atoms with Crippen LogP contribution in [0.15, 0.2) is 30.3 Å². The Balaban J connectivity index is 2.13. The van der Waals surface area contributed by atoms with Crippen LogP contribution in [0, 0.1) is 5.92 Å². The zero-order valence-corrected chi connectivity index (χ0v) is 10.5. The number of rotatable bonds is 7. The zero-order valence-electron chi connectivity index (χ0n) is 10.5. The van der Waals surface area contributed by atoms with Gasteiger partial charge < -0.3 is 9.47 Å². The van der Waals surface area contributed by atoms with Crippen LogP contribution in [0.3, 0.4) is 0 Å². The highest BCUT2D eigenvalue weighted by Crippen LogP contribution is 2.02. The maximum Gasteiger partial charge on any atom is 0.338 e. The monoisotopic (exact) mass is 236 g/mol. The summed E-state index contributed by atoms with van der Waals surface area (Å²) in [6.45, 7) is 5.76. The number of esters is 1. The Labute approximate surface area is 103 Å². The van der Waals surface area contributed by atoms with Gasteiger partial charge in [0.25, 0.3) is 0 Å². The minimum atomic E-state index is -0.294. The molecule has 0 aromatic heterocycles. The summed E-state index contributed by atoms with van der Waals surface area (Å²) in [4.78, 5) is 11.5. The normalized spacial score (nSPS) is 12.1. The lowest BCUT2D eigenvalue weighted by atomic mass is 10.1. The molecule has 0 saturated heterocycles. The van der Waals surface area contributed by atoms with Gasteiger partial charge in [-0.25, -0.2) is 4.79 Å². The fourth-order valence-electron chi connectivity index (χ4n) is 1.25. The molecule has 17 heavy (non-hydrogen) atoms. The molecule has 0 aliphatic carbocycles. The molecule has 0 spiro atoms. The van der Waals surface area contributed by atoms with E-state index in [-0.39, 0.29) is 5.97 Å². The van der Waals surface area contributed by atoms with Gasteiger partial charge in [0.05, 0.1) is 12.2 Å². The Bertz CT molecular complexity index is 321. The summed E-state index contributed by atoms with van der Waals surface area (Å²) in [5.74, 6) is 0.262. The van der Waals surface area contributed by atoms with Crippen molar-refractivity contribution in [3.8, 4) is 0 Å². The molecule has 1 rings (SSSR count). The molecule has 1 unspecified atom stereocenters. The molecule has 3 nitrogen and oxygen atoms in total. The summed E-state index contributed by atoms with van der Waals surface area (Å²) in [6.07, 6.45) is 1.10. The Morgan fingerprint density at radius 1 is 1.24 bits per heavy atom. The predicted octanol–water partition coefficient (Wildman–Crippen LogP) is 2.91. The average molecular weight is 236 g/mol. The summed E-state index contributed by atoms with van der Waals surface area (Å²) < 4.78 is 10.5. The second-order valence-electron chi connectivity index (χ2n) is 4.09. The van der Waals surface area contributed by atoms with Crippen molar-refractivity contribution in [3.05, 3.63) is 35.9 Å². The van der Waals surface area contributed by atoms with Crippen molar-refractivity contribution >= 4 is 5.97 Å². The second kappa shape index (κ2) is 7.85. The van der Waals surface area contributed by atoms with Crippen molar-refractivity contribution in [3.63, 3.8) is 0 Å². The largest absolute Gasteiger partial charge is 0.460 e. The van der Waals surface area contributed by atoms with Crippen LogP contribution in [-0.4, -0.2) is 25.8 Å². The fraction of sp³-hybridized carbons (Fsp3) is 0.500. The fourth-order valence-corrected chi connectivity index (χ4v) is 1.25. The Kier molecular flexibility index (Phi) is 6.33. The van der Waals surface area contributed by atoms with Gasteiger partial charge in [0.1, 0.15) is 6.61 Å². The van der Waals surface area contributed by atoms with Crippen LogP contribution < -0.4 is 0 Å². The number of carbonyl (C=O) groups excluding carboxylic acids is 1. The third-order valence-electron chi connectivity index (χ3n) is 2.57. The van der Waals surface area contributed by atoms with Gasteiger partial charge in [0.2, 0.25) is 0 Å². The Morgan fingerprint density at radius 2 is 1.94 bits per heavy atom. The van der Waals surface area contributed by atoms with Gasteiger partial charge in [-0.2, -0.15) is 0 Å². The predicted molar refractivity (Wildman–Crippen MR) is 67.0 cm³/mol. The average Bonchev–Trinajstić information content (AvgIpc) is 2.38. The first-order chi connectivity index (χ1) is 8.24. The lowest BCUT2D eigenvalue weighted by Gasteiger charge is -2.09. The molecule has 0 radical (unpaired) electrons. The van der Waals surface area contributed by atoms with Crippen LogP contribution in [0.2, 0.25) is 0 Å². The van der Waals surface area contributed by atoms with E-state index in [4.69, 9.17) is 9.47 Å². The molecular formula is C14H20O3.